The van der Waals surface area contributed by atoms with E-state index < -0.39 is 0 Å². The number of pyridine rings is 1. The smallest absolute Gasteiger partial charge is 0.143 e. The Morgan fingerprint density at radius 2 is 1.04 bits per heavy atom. The van der Waals surface area contributed by atoms with E-state index in [1.54, 1.807) is 0 Å². The number of hydrogen-bond acceptors (Lipinski definition) is 3. The topological polar surface area (TPSA) is 34.2 Å². The first-order valence-electron chi connectivity index (χ1n) is 19.4. The Balaban J connectivity index is 1.04. The summed E-state index contributed by atoms with van der Waals surface area (Å²) in [6.45, 7) is 0. The third-order valence-electron chi connectivity index (χ3n) is 11.6. The van der Waals surface area contributed by atoms with Crippen LogP contribution in [0.2, 0.25) is 0 Å². The summed E-state index contributed by atoms with van der Waals surface area (Å²) in [6.07, 6.45) is 1.90. The first-order chi connectivity index (χ1) is 28.3. The van der Waals surface area contributed by atoms with Crippen LogP contribution >= 0.6 is 0 Å². The molecule has 0 amide bonds. The van der Waals surface area contributed by atoms with Crippen LogP contribution in [0.4, 0.5) is 17.1 Å². The fourth-order valence-corrected chi connectivity index (χ4v) is 9.08. The van der Waals surface area contributed by atoms with Crippen LogP contribution in [-0.2, 0) is 0 Å². The molecule has 4 heterocycles. The third kappa shape index (κ3) is 4.77. The van der Waals surface area contributed by atoms with Crippen LogP contribution < -0.4 is 4.90 Å². The van der Waals surface area contributed by atoms with Gasteiger partial charge in [0.05, 0.1) is 28.3 Å². The minimum absolute atomic E-state index is 0.906. The molecule has 0 atom stereocenters. The van der Waals surface area contributed by atoms with Gasteiger partial charge in [0.15, 0.2) is 0 Å². The van der Waals surface area contributed by atoms with Gasteiger partial charge in [-0.25, -0.2) is 0 Å². The lowest BCUT2D eigenvalue weighted by molar-refractivity contribution is 0.670. The summed E-state index contributed by atoms with van der Waals surface area (Å²) in [4.78, 5) is 7.24. The van der Waals surface area contributed by atoms with E-state index in [9.17, 15) is 0 Å². The Hall–Kier alpha value is -7.69. The van der Waals surface area contributed by atoms with Gasteiger partial charge >= 0.3 is 0 Å². The van der Waals surface area contributed by atoms with Gasteiger partial charge in [0, 0.05) is 66.9 Å². The van der Waals surface area contributed by atoms with E-state index in [0.29, 0.717) is 0 Å². The molecule has 4 nitrogen and oxygen atoms in total. The number of rotatable bonds is 4. The second-order valence-electron chi connectivity index (χ2n) is 14.7. The average Bonchev–Trinajstić information content (AvgIpc) is 3.80. The molecule has 1 aliphatic rings. The van der Waals surface area contributed by atoms with Gasteiger partial charge in [0.25, 0.3) is 0 Å². The lowest BCUT2D eigenvalue weighted by Crippen LogP contribution is -2.11. The minimum Gasteiger partial charge on any atom is -0.455 e. The van der Waals surface area contributed by atoms with Crippen molar-refractivity contribution in [2.45, 2.75) is 0 Å². The molecule has 0 fully saturated rings. The van der Waals surface area contributed by atoms with Gasteiger partial charge in [-0.15, -0.1) is 0 Å². The molecular formula is C53H33N3O. The Morgan fingerprint density at radius 1 is 0.421 bits per heavy atom. The molecule has 0 N–H and O–H groups in total. The van der Waals surface area contributed by atoms with E-state index in [1.807, 2.05) is 18.3 Å². The number of benzene rings is 8. The van der Waals surface area contributed by atoms with Gasteiger partial charge in [-0.3, -0.25) is 4.98 Å². The molecule has 1 aliphatic heterocycles. The molecule has 0 aliphatic carbocycles. The highest BCUT2D eigenvalue weighted by molar-refractivity contribution is 6.13. The van der Waals surface area contributed by atoms with Crippen molar-refractivity contribution in [3.05, 3.63) is 200 Å². The van der Waals surface area contributed by atoms with Crippen molar-refractivity contribution in [3.8, 4) is 50.5 Å². The van der Waals surface area contributed by atoms with Crippen LogP contribution in [0.1, 0.15) is 0 Å². The van der Waals surface area contributed by atoms with Crippen LogP contribution in [-0.4, -0.2) is 9.55 Å². The molecule has 11 aromatic rings. The summed E-state index contributed by atoms with van der Waals surface area (Å²) < 4.78 is 8.89. The number of hydrogen-bond donors (Lipinski definition) is 0. The highest BCUT2D eigenvalue weighted by Gasteiger charge is 2.31. The van der Waals surface area contributed by atoms with Crippen molar-refractivity contribution in [3.63, 3.8) is 0 Å². The van der Waals surface area contributed by atoms with Gasteiger partial charge in [-0.2, -0.15) is 0 Å². The summed E-state index contributed by atoms with van der Waals surface area (Å²) in [5.74, 6) is 0. The van der Waals surface area contributed by atoms with Crippen LogP contribution in [0.25, 0.3) is 94.1 Å². The maximum Gasteiger partial charge on any atom is 0.143 e. The number of para-hydroxylation sites is 5. The summed E-state index contributed by atoms with van der Waals surface area (Å²) >= 11 is 0. The number of furan rings is 1. The first kappa shape index (κ1) is 31.6. The second-order valence-corrected chi connectivity index (χ2v) is 14.7. The van der Waals surface area contributed by atoms with Crippen molar-refractivity contribution >= 4 is 60.7 Å². The Morgan fingerprint density at radius 3 is 1.88 bits per heavy atom. The predicted molar refractivity (Wildman–Crippen MR) is 236 cm³/mol. The highest BCUT2D eigenvalue weighted by Crippen LogP contribution is 2.54. The highest BCUT2D eigenvalue weighted by atomic mass is 16.3. The zero-order valence-electron chi connectivity index (χ0n) is 30.8. The van der Waals surface area contributed by atoms with E-state index >= 15 is 0 Å². The first-order valence-corrected chi connectivity index (χ1v) is 19.4. The van der Waals surface area contributed by atoms with Gasteiger partial charge in [0.2, 0.25) is 0 Å². The molecule has 0 spiro atoms. The van der Waals surface area contributed by atoms with E-state index in [1.165, 1.54) is 33.1 Å². The molecule has 57 heavy (non-hydrogen) atoms. The zero-order chi connectivity index (χ0) is 37.5. The lowest BCUT2D eigenvalue weighted by Gasteiger charge is -2.27. The average molecular weight is 728 g/mol. The predicted octanol–water partition coefficient (Wildman–Crippen LogP) is 14.5. The third-order valence-corrected chi connectivity index (χ3v) is 11.6. The summed E-state index contributed by atoms with van der Waals surface area (Å²) in [5.41, 5.74) is 16.5. The Kier molecular flexibility index (Phi) is 6.89. The summed E-state index contributed by atoms with van der Waals surface area (Å²) in [6, 6.07) is 69.5. The van der Waals surface area contributed by atoms with Crippen molar-refractivity contribution in [1.29, 1.82) is 0 Å². The maximum absolute atomic E-state index is 6.44. The number of nitrogens with zero attached hydrogens (tertiary/aromatic N) is 3. The van der Waals surface area contributed by atoms with Gasteiger partial charge in [-0.05, 0) is 65.5 Å². The van der Waals surface area contributed by atoms with Crippen LogP contribution in [0, 0.1) is 0 Å². The van der Waals surface area contributed by atoms with Gasteiger partial charge in [-0.1, -0.05) is 140 Å². The van der Waals surface area contributed by atoms with Crippen molar-refractivity contribution in [1.82, 2.24) is 9.55 Å². The fraction of sp³-hybridized carbons (Fsp3) is 0. The molecule has 0 saturated carbocycles. The van der Waals surface area contributed by atoms with Gasteiger partial charge < -0.3 is 13.9 Å². The molecule has 3 aromatic heterocycles. The number of anilines is 3. The molecule has 0 radical (unpaired) electrons. The molecule has 0 bridgehead atoms. The van der Waals surface area contributed by atoms with E-state index in [4.69, 9.17) is 9.40 Å². The monoisotopic (exact) mass is 727 g/mol. The largest absolute Gasteiger partial charge is 0.455 e. The Labute approximate surface area is 329 Å². The number of aromatic nitrogens is 2. The molecule has 0 unspecified atom stereocenters. The van der Waals surface area contributed by atoms with E-state index in [0.717, 1.165) is 78.0 Å². The van der Waals surface area contributed by atoms with Crippen LogP contribution in [0.3, 0.4) is 0 Å². The fourth-order valence-electron chi connectivity index (χ4n) is 9.08. The number of fused-ring (bicyclic) bond motifs is 11. The SMILES string of the molecule is c1ccc2c(c1)-c1c(n(-c3ccc(-c4cccc5c4oc4ccccc45)cc3)c3ccccc13)-c1ccccc1N2c1ccc(-c2nccc3ccccc23)cc1. The normalized spacial score (nSPS) is 12.2. The van der Waals surface area contributed by atoms with E-state index in [2.05, 4.69) is 191 Å². The standard InChI is InChI=1S/C53H33N3O/c1-2-13-39-34(12-1)32-33-54-51(39)36-26-30-37(31-27-36)55-46-20-7-3-15-43(46)50-44-16-4-8-21-47(44)56(52(50)45-17-5-9-22-48(45)55)38-28-24-35(25-29-38)40-18-11-19-42-41-14-6-10-23-49(41)57-53(40)42/h1-33H. The molecular weight excluding hydrogens is 695 g/mol. The maximum atomic E-state index is 6.44. The van der Waals surface area contributed by atoms with Gasteiger partial charge in [0.1, 0.15) is 11.2 Å². The van der Waals surface area contributed by atoms with E-state index in [-0.39, 0.29) is 0 Å². The zero-order valence-corrected chi connectivity index (χ0v) is 30.8. The van der Waals surface area contributed by atoms with Crippen molar-refractivity contribution in [2.24, 2.45) is 0 Å². The summed E-state index contributed by atoms with van der Waals surface area (Å²) in [5, 5.41) is 5.82. The molecule has 8 aromatic carbocycles. The quantitative estimate of drug-likeness (QED) is 0.181. The molecule has 266 valence electrons. The van der Waals surface area contributed by atoms with Crippen molar-refractivity contribution in [2.75, 3.05) is 4.90 Å². The molecule has 4 heteroatoms. The van der Waals surface area contributed by atoms with Crippen LogP contribution in [0.5, 0.6) is 0 Å². The van der Waals surface area contributed by atoms with Crippen molar-refractivity contribution < 1.29 is 4.42 Å². The molecule has 0 saturated heterocycles. The lowest BCUT2D eigenvalue weighted by atomic mass is 9.98. The molecule has 12 rings (SSSR count). The second kappa shape index (κ2) is 12.4. The minimum atomic E-state index is 0.906. The summed E-state index contributed by atoms with van der Waals surface area (Å²) in [7, 11) is 0. The van der Waals surface area contributed by atoms with Crippen LogP contribution in [0.15, 0.2) is 205 Å². The Bertz CT molecular complexity index is 3350.